The van der Waals surface area contributed by atoms with Crippen molar-refractivity contribution in [2.75, 3.05) is 40.8 Å². The fourth-order valence-corrected chi connectivity index (χ4v) is 2.64. The first kappa shape index (κ1) is 21.4. The Morgan fingerprint density at radius 1 is 1.04 bits per heavy atom. The second kappa shape index (κ2) is 11.0. The number of benzene rings is 1. The van der Waals surface area contributed by atoms with E-state index in [-0.39, 0.29) is 11.8 Å². The smallest absolute Gasteiger partial charge is 0.252 e. The van der Waals surface area contributed by atoms with Gasteiger partial charge in [-0.1, -0.05) is 12.1 Å². The van der Waals surface area contributed by atoms with E-state index in [1.807, 2.05) is 38.4 Å². The minimum absolute atomic E-state index is 0.225. The molecule has 0 aliphatic carbocycles. The van der Waals surface area contributed by atoms with Gasteiger partial charge in [0.1, 0.15) is 5.75 Å². The Hall–Kier alpha value is -2.93. The molecule has 1 aromatic carbocycles. The maximum atomic E-state index is 12.4. The van der Waals surface area contributed by atoms with E-state index in [1.54, 1.807) is 13.2 Å². The van der Waals surface area contributed by atoms with Gasteiger partial charge in [0.25, 0.3) is 11.8 Å². The number of rotatable bonds is 10. The average molecular weight is 384 g/mol. The highest BCUT2D eigenvalue weighted by Crippen LogP contribution is 2.12. The molecule has 0 bridgehead atoms. The first-order valence-corrected chi connectivity index (χ1v) is 9.28. The molecule has 2 amide bonds. The lowest BCUT2D eigenvalue weighted by Gasteiger charge is -2.10. The molecule has 0 spiro atoms. The van der Waals surface area contributed by atoms with Crippen molar-refractivity contribution < 1.29 is 14.3 Å². The number of carbonyl (C=O) groups is 2. The van der Waals surface area contributed by atoms with Crippen LogP contribution in [0.1, 0.15) is 32.7 Å². The molecule has 150 valence electrons. The number of nitrogens with zero attached hydrogens (tertiary/aromatic N) is 2. The van der Waals surface area contributed by atoms with Crippen molar-refractivity contribution in [3.05, 3.63) is 59.4 Å². The Morgan fingerprint density at radius 3 is 2.36 bits per heavy atom. The van der Waals surface area contributed by atoms with E-state index < -0.39 is 0 Å². The third-order valence-corrected chi connectivity index (χ3v) is 4.16. The van der Waals surface area contributed by atoms with Gasteiger partial charge in [0.15, 0.2) is 0 Å². The first-order chi connectivity index (χ1) is 13.5. The molecule has 0 saturated carbocycles. The number of amides is 2. The summed E-state index contributed by atoms with van der Waals surface area (Å²) >= 11 is 0. The molecular weight excluding hydrogens is 356 g/mol. The summed E-state index contributed by atoms with van der Waals surface area (Å²) in [5.41, 5.74) is 1.82. The van der Waals surface area contributed by atoms with Crippen LogP contribution in [0.2, 0.25) is 0 Å². The predicted molar refractivity (Wildman–Crippen MR) is 109 cm³/mol. The summed E-state index contributed by atoms with van der Waals surface area (Å²) in [6, 6.07) is 9.28. The maximum Gasteiger partial charge on any atom is 0.252 e. The number of carbonyl (C=O) groups excluding carboxylic acids is 2. The van der Waals surface area contributed by atoms with E-state index in [4.69, 9.17) is 4.74 Å². The molecule has 0 aliphatic heterocycles. The van der Waals surface area contributed by atoms with Gasteiger partial charge in [-0.3, -0.25) is 14.6 Å². The standard InChI is InChI=1S/C21H28N4O3/c1-25(2)11-5-9-23-20(26)17-13-18(15-22-14-17)21(27)24-10-8-16-6-4-7-19(12-16)28-3/h4,6-7,12-15H,5,8-11H2,1-3H3,(H,23,26)(H,24,27). The number of methoxy groups -OCH3 is 1. The van der Waals surface area contributed by atoms with Crippen molar-refractivity contribution in [2.45, 2.75) is 12.8 Å². The lowest BCUT2D eigenvalue weighted by molar-refractivity contribution is 0.0952. The molecule has 0 fully saturated rings. The minimum atomic E-state index is -0.252. The first-order valence-electron chi connectivity index (χ1n) is 9.28. The highest BCUT2D eigenvalue weighted by Gasteiger charge is 2.11. The Bertz CT molecular complexity index is 793. The summed E-state index contributed by atoms with van der Waals surface area (Å²) in [6.45, 7) is 1.95. The molecule has 1 aromatic heterocycles. The normalized spacial score (nSPS) is 10.6. The van der Waals surface area contributed by atoms with Crippen LogP contribution in [0, 0.1) is 0 Å². The Kier molecular flexibility index (Phi) is 8.42. The van der Waals surface area contributed by atoms with Gasteiger partial charge < -0.3 is 20.3 Å². The van der Waals surface area contributed by atoms with Crippen molar-refractivity contribution in [1.29, 1.82) is 0 Å². The summed E-state index contributed by atoms with van der Waals surface area (Å²) in [5.74, 6) is 0.312. The molecule has 7 heteroatoms. The maximum absolute atomic E-state index is 12.4. The van der Waals surface area contributed by atoms with Crippen LogP contribution in [0.5, 0.6) is 5.75 Å². The molecule has 0 aliphatic rings. The number of pyridine rings is 1. The van der Waals surface area contributed by atoms with E-state index >= 15 is 0 Å². The summed E-state index contributed by atoms with van der Waals surface area (Å²) in [7, 11) is 5.60. The van der Waals surface area contributed by atoms with Crippen LogP contribution < -0.4 is 15.4 Å². The molecule has 2 N–H and O–H groups in total. The van der Waals surface area contributed by atoms with E-state index in [0.29, 0.717) is 30.6 Å². The zero-order valence-electron chi connectivity index (χ0n) is 16.7. The number of hydrogen-bond acceptors (Lipinski definition) is 5. The van der Waals surface area contributed by atoms with Crippen LogP contribution in [0.3, 0.4) is 0 Å². The molecule has 2 aromatic rings. The van der Waals surface area contributed by atoms with Crippen LogP contribution >= 0.6 is 0 Å². The molecule has 0 saturated heterocycles. The van der Waals surface area contributed by atoms with Crippen molar-refractivity contribution in [3.63, 3.8) is 0 Å². The lowest BCUT2D eigenvalue weighted by atomic mass is 10.1. The van der Waals surface area contributed by atoms with Crippen LogP contribution in [0.4, 0.5) is 0 Å². The average Bonchev–Trinajstić information content (AvgIpc) is 2.71. The van der Waals surface area contributed by atoms with Crippen LogP contribution in [0.15, 0.2) is 42.7 Å². The summed E-state index contributed by atoms with van der Waals surface area (Å²) in [6.07, 6.45) is 4.47. The summed E-state index contributed by atoms with van der Waals surface area (Å²) in [4.78, 5) is 30.7. The largest absolute Gasteiger partial charge is 0.497 e. The Balaban J connectivity index is 1.84. The van der Waals surface area contributed by atoms with Gasteiger partial charge in [-0.05, 0) is 57.2 Å². The Labute approximate surface area is 166 Å². The van der Waals surface area contributed by atoms with E-state index in [2.05, 4.69) is 20.5 Å². The fourth-order valence-electron chi connectivity index (χ4n) is 2.64. The summed E-state index contributed by atoms with van der Waals surface area (Å²) in [5, 5.41) is 5.71. The number of nitrogens with one attached hydrogen (secondary N) is 2. The van der Waals surface area contributed by atoms with Gasteiger partial charge in [0.2, 0.25) is 0 Å². The zero-order valence-corrected chi connectivity index (χ0v) is 16.7. The van der Waals surface area contributed by atoms with Crippen molar-refractivity contribution in [3.8, 4) is 5.75 Å². The van der Waals surface area contributed by atoms with Crippen molar-refractivity contribution >= 4 is 11.8 Å². The van der Waals surface area contributed by atoms with Crippen LogP contribution in [-0.4, -0.2) is 62.5 Å². The highest BCUT2D eigenvalue weighted by molar-refractivity contribution is 5.99. The van der Waals surface area contributed by atoms with E-state index in [0.717, 1.165) is 24.3 Å². The molecule has 0 unspecified atom stereocenters. The Morgan fingerprint density at radius 2 is 1.71 bits per heavy atom. The monoisotopic (exact) mass is 384 g/mol. The molecule has 7 nitrogen and oxygen atoms in total. The molecule has 1 heterocycles. The van der Waals surface area contributed by atoms with Gasteiger partial charge in [-0.2, -0.15) is 0 Å². The van der Waals surface area contributed by atoms with Gasteiger partial charge in [-0.25, -0.2) is 0 Å². The molecular formula is C21H28N4O3. The SMILES string of the molecule is COc1cccc(CCNC(=O)c2cncc(C(=O)NCCCN(C)C)c2)c1. The second-order valence-electron chi connectivity index (χ2n) is 6.73. The minimum Gasteiger partial charge on any atom is -0.497 e. The molecule has 0 atom stereocenters. The van der Waals surface area contributed by atoms with Gasteiger partial charge in [-0.15, -0.1) is 0 Å². The van der Waals surface area contributed by atoms with E-state index in [9.17, 15) is 9.59 Å². The van der Waals surface area contributed by atoms with Crippen LogP contribution in [-0.2, 0) is 6.42 Å². The number of ether oxygens (including phenoxy) is 1. The number of hydrogen-bond donors (Lipinski definition) is 2. The topological polar surface area (TPSA) is 83.6 Å². The molecule has 28 heavy (non-hydrogen) atoms. The van der Waals surface area contributed by atoms with Crippen molar-refractivity contribution in [1.82, 2.24) is 20.5 Å². The summed E-state index contributed by atoms with van der Waals surface area (Å²) < 4.78 is 5.20. The molecule has 0 radical (unpaired) electrons. The van der Waals surface area contributed by atoms with Gasteiger partial charge >= 0.3 is 0 Å². The van der Waals surface area contributed by atoms with Crippen molar-refractivity contribution in [2.24, 2.45) is 0 Å². The highest BCUT2D eigenvalue weighted by atomic mass is 16.5. The van der Waals surface area contributed by atoms with Gasteiger partial charge in [0, 0.05) is 25.5 Å². The second-order valence-corrected chi connectivity index (χ2v) is 6.73. The zero-order chi connectivity index (χ0) is 20.4. The third-order valence-electron chi connectivity index (χ3n) is 4.16. The third kappa shape index (κ3) is 7.00. The fraction of sp³-hybridized carbons (Fsp3) is 0.381. The number of aromatic nitrogens is 1. The lowest BCUT2D eigenvalue weighted by Crippen LogP contribution is -2.28. The van der Waals surface area contributed by atoms with E-state index in [1.165, 1.54) is 12.4 Å². The van der Waals surface area contributed by atoms with Crippen LogP contribution in [0.25, 0.3) is 0 Å². The predicted octanol–water partition coefficient (Wildman–Crippen LogP) is 1.74. The van der Waals surface area contributed by atoms with Gasteiger partial charge in [0.05, 0.1) is 18.2 Å². The quantitative estimate of drug-likeness (QED) is 0.610. The molecule has 2 rings (SSSR count).